The van der Waals surface area contributed by atoms with Crippen molar-refractivity contribution in [1.82, 2.24) is 10.6 Å². The summed E-state index contributed by atoms with van der Waals surface area (Å²) in [6.45, 7) is 2.11. The normalized spacial score (nSPS) is 17.1. The monoisotopic (exact) mass is 298 g/mol. The second-order valence-electron chi connectivity index (χ2n) is 5.64. The van der Waals surface area contributed by atoms with Crippen LogP contribution in [0.1, 0.15) is 31.7 Å². The minimum atomic E-state index is -0.601. The highest BCUT2D eigenvalue weighted by atomic mass is 19.1. The number of rotatable bonds is 6. The molecule has 0 bridgehead atoms. The number of carbonyl (C=O) groups is 1. The molecule has 1 atom stereocenters. The molecule has 1 aromatic carbocycles. The van der Waals surface area contributed by atoms with Gasteiger partial charge in [-0.3, -0.25) is 0 Å². The highest BCUT2D eigenvalue weighted by Crippen LogP contribution is 2.48. The van der Waals surface area contributed by atoms with Crippen molar-refractivity contribution in [3.63, 3.8) is 0 Å². The van der Waals surface area contributed by atoms with Crippen LogP contribution in [0.3, 0.4) is 0 Å². The highest BCUT2D eigenvalue weighted by Gasteiger charge is 2.46. The summed E-state index contributed by atoms with van der Waals surface area (Å²) in [7, 11) is 0. The fourth-order valence-corrected chi connectivity index (χ4v) is 2.40. The van der Waals surface area contributed by atoms with E-state index < -0.39 is 17.0 Å². The lowest BCUT2D eigenvalue weighted by Gasteiger charge is -2.19. The predicted octanol–water partition coefficient (Wildman–Crippen LogP) is 2.07. The Labute approximate surface area is 122 Å². The van der Waals surface area contributed by atoms with Gasteiger partial charge < -0.3 is 15.7 Å². The van der Waals surface area contributed by atoms with Crippen molar-refractivity contribution >= 4 is 6.03 Å². The molecule has 0 aliphatic heterocycles. The molecule has 116 valence electrons. The molecule has 4 nitrogen and oxygen atoms in total. The summed E-state index contributed by atoms with van der Waals surface area (Å²) in [5, 5.41) is 14.2. The van der Waals surface area contributed by atoms with Crippen LogP contribution in [0, 0.1) is 11.6 Å². The molecule has 0 aromatic heterocycles. The van der Waals surface area contributed by atoms with Crippen LogP contribution in [0.15, 0.2) is 18.2 Å². The van der Waals surface area contributed by atoms with Crippen molar-refractivity contribution in [3.8, 4) is 0 Å². The zero-order valence-electron chi connectivity index (χ0n) is 12.0. The summed E-state index contributed by atoms with van der Waals surface area (Å²) in [6.07, 6.45) is 2.01. The fraction of sp³-hybridized carbons (Fsp3) is 0.533. The van der Waals surface area contributed by atoms with E-state index >= 15 is 0 Å². The third kappa shape index (κ3) is 3.91. The second kappa shape index (κ2) is 6.39. The molecule has 21 heavy (non-hydrogen) atoms. The molecule has 1 aliphatic carbocycles. The lowest BCUT2D eigenvalue weighted by atomic mass is 9.95. The van der Waals surface area contributed by atoms with Gasteiger partial charge in [-0.05, 0) is 37.8 Å². The maximum absolute atomic E-state index is 13.8. The molecule has 0 radical (unpaired) electrons. The Morgan fingerprint density at radius 3 is 2.71 bits per heavy atom. The predicted molar refractivity (Wildman–Crippen MR) is 75.0 cm³/mol. The molecule has 1 saturated carbocycles. The van der Waals surface area contributed by atoms with Crippen LogP contribution in [0.25, 0.3) is 0 Å². The van der Waals surface area contributed by atoms with Crippen LogP contribution in [-0.2, 0) is 5.41 Å². The zero-order chi connectivity index (χ0) is 15.5. The Morgan fingerprint density at radius 2 is 2.14 bits per heavy atom. The summed E-state index contributed by atoms with van der Waals surface area (Å²) in [5.41, 5.74) is 0.0302. The zero-order valence-corrected chi connectivity index (χ0v) is 12.0. The molecule has 1 aromatic rings. The molecule has 3 N–H and O–H groups in total. The topological polar surface area (TPSA) is 61.4 Å². The summed E-state index contributed by atoms with van der Waals surface area (Å²) in [5.74, 6) is -1.17. The molecule has 6 heteroatoms. The molecule has 2 amide bonds. The van der Waals surface area contributed by atoms with Gasteiger partial charge in [-0.2, -0.15) is 0 Å². The van der Waals surface area contributed by atoms with Gasteiger partial charge in [0, 0.05) is 30.7 Å². The van der Waals surface area contributed by atoms with Crippen molar-refractivity contribution in [2.24, 2.45) is 0 Å². The summed E-state index contributed by atoms with van der Waals surface area (Å²) < 4.78 is 26.8. The lowest BCUT2D eigenvalue weighted by molar-refractivity contribution is 0.230. The lowest BCUT2D eigenvalue weighted by Crippen LogP contribution is -2.44. The van der Waals surface area contributed by atoms with E-state index in [1.165, 1.54) is 12.1 Å². The van der Waals surface area contributed by atoms with Gasteiger partial charge in [-0.1, -0.05) is 6.07 Å². The third-order valence-corrected chi connectivity index (χ3v) is 3.88. The van der Waals surface area contributed by atoms with E-state index in [9.17, 15) is 13.6 Å². The first-order valence-electron chi connectivity index (χ1n) is 7.07. The van der Waals surface area contributed by atoms with Crippen molar-refractivity contribution in [2.75, 3.05) is 13.2 Å². The van der Waals surface area contributed by atoms with Gasteiger partial charge in [0.2, 0.25) is 0 Å². The number of urea groups is 1. The van der Waals surface area contributed by atoms with Crippen molar-refractivity contribution in [3.05, 3.63) is 35.4 Å². The van der Waals surface area contributed by atoms with Gasteiger partial charge in [0.25, 0.3) is 0 Å². The van der Waals surface area contributed by atoms with Crippen molar-refractivity contribution < 1.29 is 18.7 Å². The first-order valence-corrected chi connectivity index (χ1v) is 7.07. The van der Waals surface area contributed by atoms with E-state index in [2.05, 4.69) is 10.6 Å². The van der Waals surface area contributed by atoms with Gasteiger partial charge in [-0.15, -0.1) is 0 Å². The molecular formula is C15H20F2N2O2. The number of hydrogen-bond acceptors (Lipinski definition) is 2. The molecule has 0 heterocycles. The summed E-state index contributed by atoms with van der Waals surface area (Å²) in [6, 6.07) is 3.09. The van der Waals surface area contributed by atoms with Gasteiger partial charge in [0.1, 0.15) is 11.6 Å². The van der Waals surface area contributed by atoms with Crippen LogP contribution in [-0.4, -0.2) is 30.3 Å². The van der Waals surface area contributed by atoms with E-state index in [1.807, 2.05) is 0 Å². The molecule has 0 spiro atoms. The Kier molecular flexibility index (Phi) is 4.77. The van der Waals surface area contributed by atoms with Crippen molar-refractivity contribution in [1.29, 1.82) is 0 Å². The molecule has 0 saturated heterocycles. The highest BCUT2D eigenvalue weighted by molar-refractivity contribution is 5.74. The van der Waals surface area contributed by atoms with Crippen LogP contribution in [0.2, 0.25) is 0 Å². The number of benzene rings is 1. The third-order valence-electron chi connectivity index (χ3n) is 3.88. The first-order chi connectivity index (χ1) is 9.97. The number of hydrogen-bond donors (Lipinski definition) is 3. The largest absolute Gasteiger partial charge is 0.396 e. The molecule has 2 rings (SSSR count). The average Bonchev–Trinajstić information content (AvgIpc) is 3.17. The Balaban J connectivity index is 1.92. The van der Waals surface area contributed by atoms with Crippen LogP contribution in [0.5, 0.6) is 0 Å². The van der Waals surface area contributed by atoms with E-state index in [4.69, 9.17) is 5.11 Å². The number of carbonyl (C=O) groups excluding carboxylic acids is 1. The van der Waals surface area contributed by atoms with Crippen LogP contribution in [0.4, 0.5) is 13.6 Å². The fourth-order valence-electron chi connectivity index (χ4n) is 2.40. The van der Waals surface area contributed by atoms with Gasteiger partial charge >= 0.3 is 6.03 Å². The SMILES string of the molecule is C[C@H](CCO)NC(=O)NCC1(c2ccc(F)cc2F)CC1. The van der Waals surface area contributed by atoms with E-state index in [0.29, 0.717) is 18.5 Å². The number of aliphatic hydroxyl groups is 1. The molecule has 0 unspecified atom stereocenters. The van der Waals surface area contributed by atoms with E-state index in [1.54, 1.807) is 6.92 Å². The Bertz CT molecular complexity index is 518. The quantitative estimate of drug-likeness (QED) is 0.753. The average molecular weight is 298 g/mol. The number of halogens is 2. The first kappa shape index (κ1) is 15.7. The van der Waals surface area contributed by atoms with E-state index in [-0.39, 0.29) is 18.7 Å². The molecule has 1 aliphatic rings. The number of aliphatic hydroxyl groups excluding tert-OH is 1. The summed E-state index contributed by atoms with van der Waals surface area (Å²) >= 11 is 0. The number of nitrogens with one attached hydrogen (secondary N) is 2. The Morgan fingerprint density at radius 1 is 1.43 bits per heavy atom. The standard InChI is InChI=1S/C15H20F2N2O2/c1-10(4-7-20)19-14(21)18-9-15(5-6-15)12-3-2-11(16)8-13(12)17/h2-3,8,10,20H,4-7,9H2,1H3,(H2,18,19,21)/t10-/m1/s1. The minimum absolute atomic E-state index is 0.00613. The maximum Gasteiger partial charge on any atom is 0.315 e. The van der Waals surface area contributed by atoms with Crippen LogP contribution < -0.4 is 10.6 Å². The van der Waals surface area contributed by atoms with Crippen LogP contribution >= 0.6 is 0 Å². The maximum atomic E-state index is 13.8. The summed E-state index contributed by atoms with van der Waals surface area (Å²) in [4.78, 5) is 11.7. The smallest absolute Gasteiger partial charge is 0.315 e. The Hall–Kier alpha value is -1.69. The minimum Gasteiger partial charge on any atom is -0.396 e. The van der Waals surface area contributed by atoms with Gasteiger partial charge in [0.05, 0.1) is 0 Å². The number of amides is 2. The molecule has 1 fully saturated rings. The van der Waals surface area contributed by atoms with Gasteiger partial charge in [-0.25, -0.2) is 13.6 Å². The second-order valence-corrected chi connectivity index (χ2v) is 5.64. The van der Waals surface area contributed by atoms with Gasteiger partial charge in [0.15, 0.2) is 0 Å². The molecular weight excluding hydrogens is 278 g/mol. The van der Waals surface area contributed by atoms with Crippen molar-refractivity contribution in [2.45, 2.75) is 37.6 Å². The van der Waals surface area contributed by atoms with E-state index in [0.717, 1.165) is 18.9 Å².